The number of nitrogens with one attached hydrogen (secondary N) is 2. The number of nitrogens with zero attached hydrogens (tertiary/aromatic N) is 2. The number of thiophene rings is 1. The van der Waals surface area contributed by atoms with Crippen molar-refractivity contribution in [3.8, 4) is 0 Å². The van der Waals surface area contributed by atoms with Gasteiger partial charge in [-0.25, -0.2) is 4.98 Å². The third-order valence-electron chi connectivity index (χ3n) is 4.45. The molecule has 0 aromatic carbocycles. The molecule has 28 heavy (non-hydrogen) atoms. The Morgan fingerprint density at radius 3 is 2.68 bits per heavy atom. The lowest BCUT2D eigenvalue weighted by Gasteiger charge is -2.11. The van der Waals surface area contributed by atoms with E-state index in [1.807, 2.05) is 0 Å². The fourth-order valence-electron chi connectivity index (χ4n) is 3.09. The monoisotopic (exact) mass is 416 g/mol. The van der Waals surface area contributed by atoms with Crippen LogP contribution < -0.4 is 16.2 Å². The maximum Gasteiger partial charge on any atom is 0.405 e. The molecule has 1 aliphatic carbocycles. The lowest BCUT2D eigenvalue weighted by Crippen LogP contribution is -2.41. The van der Waals surface area contributed by atoms with E-state index in [0.29, 0.717) is 10.2 Å². The standard InChI is InChI=1S/C17H19F3N4O3S/c18-17(19,20)8-22-13(26)7-21-12(25)5-6-24-9-23-15-14(16(24)27)10-3-1-2-4-11(10)28-15/h9H,1-8H2,(H,21,25)(H,22,26). The first-order chi connectivity index (χ1) is 13.2. The molecule has 0 saturated heterocycles. The normalized spacial score (nSPS) is 14.0. The van der Waals surface area contributed by atoms with Gasteiger partial charge in [0.1, 0.15) is 11.4 Å². The Hall–Kier alpha value is -2.43. The number of aromatic nitrogens is 2. The van der Waals surface area contributed by atoms with Crippen LogP contribution in [-0.2, 0) is 29.0 Å². The van der Waals surface area contributed by atoms with Crippen molar-refractivity contribution in [2.45, 2.75) is 44.8 Å². The summed E-state index contributed by atoms with van der Waals surface area (Å²) in [5, 5.41) is 4.52. The van der Waals surface area contributed by atoms with E-state index in [2.05, 4.69) is 10.3 Å². The second-order valence-corrected chi connectivity index (χ2v) is 7.64. The molecule has 1 aliphatic rings. The van der Waals surface area contributed by atoms with E-state index in [9.17, 15) is 27.6 Å². The van der Waals surface area contributed by atoms with Crippen molar-refractivity contribution in [1.29, 1.82) is 0 Å². The number of hydrogen-bond donors (Lipinski definition) is 2. The third-order valence-corrected chi connectivity index (χ3v) is 5.65. The number of amides is 2. The van der Waals surface area contributed by atoms with Gasteiger partial charge in [-0.2, -0.15) is 13.2 Å². The van der Waals surface area contributed by atoms with Crippen molar-refractivity contribution in [3.63, 3.8) is 0 Å². The summed E-state index contributed by atoms with van der Waals surface area (Å²) in [6, 6.07) is 0. The summed E-state index contributed by atoms with van der Waals surface area (Å²) in [6.07, 6.45) is 0.740. The molecule has 0 bridgehead atoms. The number of aryl methyl sites for hydroxylation is 3. The lowest BCUT2D eigenvalue weighted by atomic mass is 9.97. The summed E-state index contributed by atoms with van der Waals surface area (Å²) in [6.45, 7) is -1.94. The van der Waals surface area contributed by atoms with Gasteiger partial charge in [-0.3, -0.25) is 19.0 Å². The second kappa shape index (κ2) is 8.29. The summed E-state index contributed by atoms with van der Waals surface area (Å²) in [5.41, 5.74) is 0.865. The van der Waals surface area contributed by atoms with Crippen molar-refractivity contribution in [1.82, 2.24) is 20.2 Å². The van der Waals surface area contributed by atoms with E-state index >= 15 is 0 Å². The molecule has 0 saturated carbocycles. The number of hydrogen-bond acceptors (Lipinski definition) is 5. The van der Waals surface area contributed by atoms with Crippen LogP contribution in [0.3, 0.4) is 0 Å². The molecule has 0 fully saturated rings. The number of fused-ring (bicyclic) bond motifs is 3. The molecular weight excluding hydrogens is 397 g/mol. The van der Waals surface area contributed by atoms with Crippen LogP contribution in [0.1, 0.15) is 29.7 Å². The fraction of sp³-hybridized carbons (Fsp3) is 0.529. The Balaban J connectivity index is 1.56. The van der Waals surface area contributed by atoms with Crippen LogP contribution in [0.2, 0.25) is 0 Å². The van der Waals surface area contributed by atoms with Crippen LogP contribution >= 0.6 is 11.3 Å². The highest BCUT2D eigenvalue weighted by Gasteiger charge is 2.27. The van der Waals surface area contributed by atoms with Crippen LogP contribution in [0.5, 0.6) is 0 Å². The van der Waals surface area contributed by atoms with E-state index in [0.717, 1.165) is 31.2 Å². The minimum absolute atomic E-state index is 0.0718. The minimum Gasteiger partial charge on any atom is -0.347 e. The SMILES string of the molecule is O=C(CCn1cnc2sc3c(c2c1=O)CCCC3)NCC(=O)NCC(F)(F)F. The van der Waals surface area contributed by atoms with Gasteiger partial charge >= 0.3 is 6.18 Å². The number of rotatable bonds is 6. The van der Waals surface area contributed by atoms with Crippen LogP contribution in [0, 0.1) is 0 Å². The molecule has 0 atom stereocenters. The molecule has 152 valence electrons. The molecule has 2 aromatic rings. The van der Waals surface area contributed by atoms with Gasteiger partial charge in [-0.1, -0.05) is 0 Å². The molecule has 0 aliphatic heterocycles. The van der Waals surface area contributed by atoms with Gasteiger partial charge in [0.05, 0.1) is 18.3 Å². The summed E-state index contributed by atoms with van der Waals surface area (Å²) in [7, 11) is 0. The summed E-state index contributed by atoms with van der Waals surface area (Å²) >= 11 is 1.54. The number of alkyl halides is 3. The zero-order chi connectivity index (χ0) is 20.3. The topological polar surface area (TPSA) is 93.1 Å². The molecular formula is C17H19F3N4O3S. The predicted octanol–water partition coefficient (Wildman–Crippen LogP) is 1.52. The van der Waals surface area contributed by atoms with Crippen molar-refractivity contribution < 1.29 is 22.8 Å². The highest BCUT2D eigenvalue weighted by Crippen LogP contribution is 2.33. The van der Waals surface area contributed by atoms with Gasteiger partial charge in [-0.05, 0) is 31.2 Å². The van der Waals surface area contributed by atoms with Crippen molar-refractivity contribution in [2.75, 3.05) is 13.1 Å². The molecule has 0 spiro atoms. The largest absolute Gasteiger partial charge is 0.405 e. The van der Waals surface area contributed by atoms with E-state index in [4.69, 9.17) is 0 Å². The van der Waals surface area contributed by atoms with Crippen LogP contribution in [0.25, 0.3) is 10.2 Å². The first-order valence-electron chi connectivity index (χ1n) is 8.84. The summed E-state index contributed by atoms with van der Waals surface area (Å²) < 4.78 is 37.4. The number of carbonyl (C=O) groups excluding carboxylic acids is 2. The molecule has 2 aromatic heterocycles. The Morgan fingerprint density at radius 2 is 1.93 bits per heavy atom. The highest BCUT2D eigenvalue weighted by atomic mass is 32.1. The van der Waals surface area contributed by atoms with E-state index in [1.165, 1.54) is 27.1 Å². The first kappa shape index (κ1) is 20.3. The third kappa shape index (κ3) is 4.89. The minimum atomic E-state index is -4.51. The maximum atomic E-state index is 12.7. The van der Waals surface area contributed by atoms with Gasteiger partial charge in [0.15, 0.2) is 0 Å². The Morgan fingerprint density at radius 1 is 1.18 bits per heavy atom. The van der Waals surface area contributed by atoms with Gasteiger partial charge in [0.25, 0.3) is 5.56 Å². The predicted molar refractivity (Wildman–Crippen MR) is 97.2 cm³/mol. The van der Waals surface area contributed by atoms with Crippen LogP contribution in [-0.4, -0.2) is 40.6 Å². The van der Waals surface area contributed by atoms with Crippen molar-refractivity contribution >= 4 is 33.4 Å². The molecule has 3 rings (SSSR count). The lowest BCUT2D eigenvalue weighted by molar-refractivity contribution is -0.138. The Labute approximate surface area is 161 Å². The molecule has 7 nitrogen and oxygen atoms in total. The number of carbonyl (C=O) groups is 2. The average molecular weight is 416 g/mol. The van der Waals surface area contributed by atoms with Crippen molar-refractivity contribution in [2.24, 2.45) is 0 Å². The molecule has 0 unspecified atom stereocenters. The highest BCUT2D eigenvalue weighted by molar-refractivity contribution is 7.18. The Kier molecular flexibility index (Phi) is 6.01. The maximum absolute atomic E-state index is 12.7. The molecule has 2 N–H and O–H groups in total. The molecule has 2 amide bonds. The quantitative estimate of drug-likeness (QED) is 0.747. The zero-order valence-corrected chi connectivity index (χ0v) is 15.7. The van der Waals surface area contributed by atoms with Gasteiger partial charge in [0, 0.05) is 17.8 Å². The molecule has 0 radical (unpaired) electrons. The Bertz CT molecular complexity index is 951. The molecule has 2 heterocycles. The zero-order valence-electron chi connectivity index (χ0n) is 14.9. The smallest absolute Gasteiger partial charge is 0.347 e. The summed E-state index contributed by atoms with van der Waals surface area (Å²) in [5.74, 6) is -1.47. The first-order valence-corrected chi connectivity index (χ1v) is 9.66. The number of halogens is 3. The van der Waals surface area contributed by atoms with E-state index < -0.39 is 31.1 Å². The van der Waals surface area contributed by atoms with Crippen LogP contribution in [0.15, 0.2) is 11.1 Å². The van der Waals surface area contributed by atoms with E-state index in [-0.39, 0.29) is 18.5 Å². The summed E-state index contributed by atoms with van der Waals surface area (Å²) in [4.78, 5) is 42.1. The van der Waals surface area contributed by atoms with Gasteiger partial charge < -0.3 is 10.6 Å². The second-order valence-electron chi connectivity index (χ2n) is 6.55. The molecule has 11 heteroatoms. The van der Waals surface area contributed by atoms with Gasteiger partial charge in [0.2, 0.25) is 11.8 Å². The van der Waals surface area contributed by atoms with E-state index in [1.54, 1.807) is 5.32 Å². The average Bonchev–Trinajstić information content (AvgIpc) is 3.03. The van der Waals surface area contributed by atoms with Crippen molar-refractivity contribution in [3.05, 3.63) is 27.1 Å². The fourth-order valence-corrected chi connectivity index (χ4v) is 4.31. The van der Waals surface area contributed by atoms with Gasteiger partial charge in [-0.15, -0.1) is 11.3 Å². The van der Waals surface area contributed by atoms with Crippen LogP contribution in [0.4, 0.5) is 13.2 Å².